The number of rotatable bonds is 7. The SMILES string of the molecule is C[N@@+]1(CC(=O)Nc2cnccn2)CCCC(OC(=O)C(O)(c2ccccc2)C2CCCCC2)C1. The third-order valence-corrected chi connectivity index (χ3v) is 7.22. The van der Waals surface area contributed by atoms with E-state index in [1.54, 1.807) is 6.20 Å². The van der Waals surface area contributed by atoms with Crippen molar-refractivity contribution in [2.75, 3.05) is 32.0 Å². The van der Waals surface area contributed by atoms with E-state index in [0.29, 0.717) is 22.4 Å². The van der Waals surface area contributed by atoms with E-state index >= 15 is 0 Å². The Labute approximate surface area is 201 Å². The number of amides is 1. The number of hydrogen-bond acceptors (Lipinski definition) is 6. The Morgan fingerprint density at radius 2 is 1.88 bits per heavy atom. The first-order valence-corrected chi connectivity index (χ1v) is 12.3. The molecule has 1 aromatic carbocycles. The molecule has 2 unspecified atom stereocenters. The maximum atomic E-state index is 13.5. The molecule has 1 aliphatic heterocycles. The highest BCUT2D eigenvalue weighted by Crippen LogP contribution is 2.41. The number of benzene rings is 1. The molecule has 1 saturated carbocycles. The van der Waals surface area contributed by atoms with Gasteiger partial charge in [0.05, 0.1) is 19.8 Å². The second-order valence-corrected chi connectivity index (χ2v) is 9.96. The van der Waals surface area contributed by atoms with Crippen molar-refractivity contribution in [2.24, 2.45) is 5.92 Å². The summed E-state index contributed by atoms with van der Waals surface area (Å²) in [5.74, 6) is -0.455. The topological polar surface area (TPSA) is 101 Å². The van der Waals surface area contributed by atoms with Crippen molar-refractivity contribution < 1.29 is 23.9 Å². The maximum Gasteiger partial charge on any atom is 0.343 e. The minimum Gasteiger partial charge on any atom is -0.454 e. The number of likely N-dealkylation sites (tertiary alicyclic amines) is 1. The molecule has 0 radical (unpaired) electrons. The van der Waals surface area contributed by atoms with Crippen molar-refractivity contribution in [2.45, 2.75) is 56.7 Å². The summed E-state index contributed by atoms with van der Waals surface area (Å²) in [7, 11) is 2.00. The van der Waals surface area contributed by atoms with E-state index in [4.69, 9.17) is 4.74 Å². The number of nitrogens with one attached hydrogen (secondary N) is 1. The van der Waals surface area contributed by atoms with E-state index in [2.05, 4.69) is 15.3 Å². The Hall–Kier alpha value is -2.84. The van der Waals surface area contributed by atoms with Gasteiger partial charge in [-0.1, -0.05) is 49.6 Å². The van der Waals surface area contributed by atoms with Gasteiger partial charge in [-0.25, -0.2) is 9.78 Å². The quantitative estimate of drug-likeness (QED) is 0.479. The second-order valence-electron chi connectivity index (χ2n) is 9.96. The zero-order chi connectivity index (χ0) is 24.0. The van der Waals surface area contributed by atoms with Crippen LogP contribution in [0.25, 0.3) is 0 Å². The first-order chi connectivity index (χ1) is 16.4. The predicted molar refractivity (Wildman–Crippen MR) is 127 cm³/mol. The lowest BCUT2D eigenvalue weighted by Crippen LogP contribution is -2.57. The molecule has 1 aromatic heterocycles. The third kappa shape index (κ3) is 5.62. The number of anilines is 1. The fraction of sp³-hybridized carbons (Fsp3) is 0.538. The van der Waals surface area contributed by atoms with Crippen LogP contribution in [0.1, 0.15) is 50.5 Å². The number of ether oxygens (including phenoxy) is 1. The molecule has 0 bridgehead atoms. The molecule has 182 valence electrons. The standard InChI is InChI=1S/C26H34N4O4/c1-30(19-24(31)29-23-17-27-14-15-28-23)16-8-13-22(18-30)34-25(32)26(33,20-9-4-2-5-10-20)21-11-6-3-7-12-21/h2,4-5,9-10,14-15,17,21-22,33H,3,6-8,11-13,16,18-19H2,1H3/p+1/t22?,26?,30-/m1/s1. The molecule has 1 amide bonds. The largest absolute Gasteiger partial charge is 0.454 e. The molecule has 2 N–H and O–H groups in total. The molecule has 8 heteroatoms. The molecule has 2 aliphatic rings. The summed E-state index contributed by atoms with van der Waals surface area (Å²) in [4.78, 5) is 34.2. The van der Waals surface area contributed by atoms with Crippen molar-refractivity contribution in [3.8, 4) is 0 Å². The minimum absolute atomic E-state index is 0.154. The summed E-state index contributed by atoms with van der Waals surface area (Å²) in [6, 6.07) is 9.20. The molecule has 2 fully saturated rings. The van der Waals surface area contributed by atoms with Crippen LogP contribution in [0.4, 0.5) is 5.82 Å². The van der Waals surface area contributed by atoms with E-state index in [9.17, 15) is 14.7 Å². The second kappa shape index (κ2) is 10.6. The van der Waals surface area contributed by atoms with Crippen LogP contribution in [0.3, 0.4) is 0 Å². The number of aliphatic hydroxyl groups is 1. The van der Waals surface area contributed by atoms with Crippen LogP contribution in [-0.2, 0) is 19.9 Å². The van der Waals surface area contributed by atoms with Crippen molar-refractivity contribution in [1.29, 1.82) is 0 Å². The average Bonchev–Trinajstić information content (AvgIpc) is 2.85. The molecule has 1 saturated heterocycles. The Kier molecular flexibility index (Phi) is 7.58. The molecule has 1 aliphatic carbocycles. The normalized spacial score (nSPS) is 25.2. The third-order valence-electron chi connectivity index (χ3n) is 7.22. The van der Waals surface area contributed by atoms with E-state index in [0.717, 1.165) is 51.5 Å². The number of carbonyl (C=O) groups excluding carboxylic acids is 2. The molecule has 2 heterocycles. The molecule has 34 heavy (non-hydrogen) atoms. The van der Waals surface area contributed by atoms with Gasteiger partial charge in [-0.2, -0.15) is 0 Å². The molecular formula is C26H35N4O4+. The van der Waals surface area contributed by atoms with Gasteiger partial charge in [0.25, 0.3) is 5.91 Å². The molecular weight excluding hydrogens is 432 g/mol. The molecule has 3 atom stereocenters. The first-order valence-electron chi connectivity index (χ1n) is 12.3. The van der Waals surface area contributed by atoms with Gasteiger partial charge in [0.1, 0.15) is 6.54 Å². The number of nitrogens with zero attached hydrogens (tertiary/aromatic N) is 3. The Bertz CT molecular complexity index is 967. The Morgan fingerprint density at radius 1 is 1.12 bits per heavy atom. The number of piperidine rings is 1. The van der Waals surface area contributed by atoms with Crippen LogP contribution in [0.2, 0.25) is 0 Å². The number of aromatic nitrogens is 2. The fourth-order valence-electron chi connectivity index (χ4n) is 5.48. The van der Waals surface area contributed by atoms with Gasteiger partial charge in [-0.05, 0) is 24.8 Å². The number of hydrogen-bond donors (Lipinski definition) is 2. The predicted octanol–water partition coefficient (Wildman–Crippen LogP) is 3.04. The van der Waals surface area contributed by atoms with Crippen LogP contribution in [0, 0.1) is 5.92 Å². The lowest BCUT2D eigenvalue weighted by Gasteiger charge is -2.42. The summed E-state index contributed by atoms with van der Waals surface area (Å²) >= 11 is 0. The Morgan fingerprint density at radius 3 is 2.59 bits per heavy atom. The molecule has 8 nitrogen and oxygen atoms in total. The van der Waals surface area contributed by atoms with Crippen molar-refractivity contribution in [1.82, 2.24) is 9.97 Å². The summed E-state index contributed by atoms with van der Waals surface area (Å²) in [6.07, 6.45) is 10.6. The van der Waals surface area contributed by atoms with Crippen LogP contribution in [-0.4, -0.2) is 64.2 Å². The highest BCUT2D eigenvalue weighted by molar-refractivity contribution is 5.90. The summed E-state index contributed by atoms with van der Waals surface area (Å²) in [5, 5.41) is 14.6. The van der Waals surface area contributed by atoms with Crippen LogP contribution < -0.4 is 5.32 Å². The molecule has 0 spiro atoms. The summed E-state index contributed by atoms with van der Waals surface area (Å²) in [6.45, 7) is 1.58. The van der Waals surface area contributed by atoms with E-state index in [1.807, 2.05) is 37.4 Å². The van der Waals surface area contributed by atoms with Gasteiger partial charge >= 0.3 is 5.97 Å². The highest BCUT2D eigenvalue weighted by Gasteiger charge is 2.48. The van der Waals surface area contributed by atoms with Crippen molar-refractivity contribution in [3.63, 3.8) is 0 Å². The molecule has 2 aromatic rings. The van der Waals surface area contributed by atoms with E-state index < -0.39 is 11.6 Å². The average molecular weight is 468 g/mol. The van der Waals surface area contributed by atoms with E-state index in [1.165, 1.54) is 12.4 Å². The number of carbonyl (C=O) groups is 2. The number of esters is 1. The van der Waals surface area contributed by atoms with Gasteiger partial charge < -0.3 is 19.6 Å². The lowest BCUT2D eigenvalue weighted by atomic mass is 9.73. The van der Waals surface area contributed by atoms with Crippen LogP contribution in [0.15, 0.2) is 48.9 Å². The van der Waals surface area contributed by atoms with Crippen molar-refractivity contribution in [3.05, 3.63) is 54.5 Å². The zero-order valence-corrected chi connectivity index (χ0v) is 19.9. The van der Waals surface area contributed by atoms with E-state index in [-0.39, 0.29) is 24.5 Å². The van der Waals surface area contributed by atoms with Gasteiger partial charge in [-0.15, -0.1) is 0 Å². The van der Waals surface area contributed by atoms with Crippen LogP contribution in [0.5, 0.6) is 0 Å². The molecule has 4 rings (SSSR count). The number of likely N-dealkylation sites (N-methyl/N-ethyl adjacent to an activating group) is 1. The number of quaternary nitrogens is 1. The lowest BCUT2D eigenvalue weighted by molar-refractivity contribution is -0.909. The maximum absolute atomic E-state index is 13.5. The van der Waals surface area contributed by atoms with Gasteiger partial charge in [0.15, 0.2) is 24.1 Å². The fourth-order valence-corrected chi connectivity index (χ4v) is 5.48. The summed E-state index contributed by atoms with van der Waals surface area (Å²) in [5.41, 5.74) is -1.05. The zero-order valence-electron chi connectivity index (χ0n) is 19.9. The minimum atomic E-state index is -1.65. The van der Waals surface area contributed by atoms with Crippen molar-refractivity contribution >= 4 is 17.7 Å². The highest BCUT2D eigenvalue weighted by atomic mass is 16.6. The summed E-state index contributed by atoms with van der Waals surface area (Å²) < 4.78 is 6.46. The van der Waals surface area contributed by atoms with Gasteiger partial charge in [0.2, 0.25) is 0 Å². The Balaban J connectivity index is 1.44. The first kappa shape index (κ1) is 24.3. The monoisotopic (exact) mass is 467 g/mol. The smallest absolute Gasteiger partial charge is 0.343 e. The van der Waals surface area contributed by atoms with Gasteiger partial charge in [0, 0.05) is 24.7 Å². The van der Waals surface area contributed by atoms with Gasteiger partial charge in [-0.3, -0.25) is 9.78 Å². The van der Waals surface area contributed by atoms with Crippen LogP contribution >= 0.6 is 0 Å².